The summed E-state index contributed by atoms with van der Waals surface area (Å²) >= 11 is 0. The Labute approximate surface area is 110 Å². The highest BCUT2D eigenvalue weighted by Crippen LogP contribution is 2.17. The van der Waals surface area contributed by atoms with Gasteiger partial charge >= 0.3 is 0 Å². The molecule has 1 aliphatic rings. The van der Waals surface area contributed by atoms with Crippen molar-refractivity contribution in [3.05, 3.63) is 35.1 Å². The van der Waals surface area contributed by atoms with Gasteiger partial charge in [-0.3, -0.25) is 9.59 Å². The molecular formula is C13H16F2N2O2. The summed E-state index contributed by atoms with van der Waals surface area (Å²) in [6, 6.07) is 0. The van der Waals surface area contributed by atoms with Crippen LogP contribution < -0.4 is 5.32 Å². The smallest absolute Gasteiger partial charge is 0.260 e. The van der Waals surface area contributed by atoms with Crippen molar-refractivity contribution in [3.8, 4) is 0 Å². The predicted molar refractivity (Wildman–Crippen MR) is 67.2 cm³/mol. The largest absolute Gasteiger partial charge is 0.341 e. The number of likely N-dealkylation sites (N-methyl/N-ethyl adjacent to an activating group) is 1. The Morgan fingerprint density at radius 1 is 1.47 bits per heavy atom. The number of hydrogen-bond donors (Lipinski definition) is 1. The molecule has 0 unspecified atom stereocenters. The minimum absolute atomic E-state index is 0.0580. The molecule has 1 heterocycles. The molecule has 0 fully saturated rings. The Morgan fingerprint density at radius 2 is 2.11 bits per heavy atom. The zero-order valence-electron chi connectivity index (χ0n) is 11.1. The van der Waals surface area contributed by atoms with E-state index in [0.717, 1.165) is 6.92 Å². The van der Waals surface area contributed by atoms with Crippen LogP contribution >= 0.6 is 0 Å². The van der Waals surface area contributed by atoms with Crippen molar-refractivity contribution in [1.82, 2.24) is 10.2 Å². The predicted octanol–water partition coefficient (Wildman–Crippen LogP) is 1.97. The third-order valence-corrected chi connectivity index (χ3v) is 2.71. The van der Waals surface area contributed by atoms with E-state index in [2.05, 4.69) is 5.32 Å². The molecule has 19 heavy (non-hydrogen) atoms. The summed E-state index contributed by atoms with van der Waals surface area (Å²) in [6.45, 7) is 2.94. The summed E-state index contributed by atoms with van der Waals surface area (Å²) in [5.74, 6) is -3.34. The van der Waals surface area contributed by atoms with E-state index in [4.69, 9.17) is 0 Å². The van der Waals surface area contributed by atoms with E-state index in [9.17, 15) is 18.4 Å². The molecule has 0 radical (unpaired) electrons. The van der Waals surface area contributed by atoms with Gasteiger partial charge in [-0.2, -0.15) is 0 Å². The maximum Gasteiger partial charge on any atom is 0.260 e. The summed E-state index contributed by atoms with van der Waals surface area (Å²) < 4.78 is 26.2. The Hall–Kier alpha value is -1.98. The lowest BCUT2D eigenvalue weighted by molar-refractivity contribution is -0.129. The third kappa shape index (κ3) is 3.49. The van der Waals surface area contributed by atoms with Crippen LogP contribution in [0.25, 0.3) is 0 Å². The summed E-state index contributed by atoms with van der Waals surface area (Å²) in [4.78, 5) is 25.0. The fraction of sp³-hybridized carbons (Fsp3) is 0.385. The highest BCUT2D eigenvalue weighted by atomic mass is 19.2. The summed E-state index contributed by atoms with van der Waals surface area (Å²) in [5, 5.41) is 2.20. The normalized spacial score (nSPS) is 17.9. The average Bonchev–Trinajstić information content (AvgIpc) is 2.37. The van der Waals surface area contributed by atoms with Gasteiger partial charge in [0, 0.05) is 13.6 Å². The van der Waals surface area contributed by atoms with E-state index >= 15 is 0 Å². The van der Waals surface area contributed by atoms with Gasteiger partial charge in [0.05, 0.1) is 5.70 Å². The standard InChI is InChI=1S/C13H16F2N2O2/c1-4-10(11(15)8(2)14)16-12(18)9-6-5-7-17(3)13(9)19/h4,6H,5,7H2,1-3H3,(H,16,18)/b10-4+,11-8-. The van der Waals surface area contributed by atoms with E-state index < -0.39 is 23.5 Å². The van der Waals surface area contributed by atoms with Gasteiger partial charge in [0.2, 0.25) is 0 Å². The van der Waals surface area contributed by atoms with Crippen LogP contribution in [0.4, 0.5) is 8.78 Å². The molecule has 0 aromatic heterocycles. The van der Waals surface area contributed by atoms with Gasteiger partial charge in [-0.25, -0.2) is 8.78 Å². The molecule has 1 aliphatic heterocycles. The van der Waals surface area contributed by atoms with Gasteiger partial charge < -0.3 is 10.2 Å². The second-order valence-corrected chi connectivity index (χ2v) is 4.14. The van der Waals surface area contributed by atoms with Crippen LogP contribution in [0.1, 0.15) is 20.3 Å². The van der Waals surface area contributed by atoms with E-state index in [1.807, 2.05) is 0 Å². The summed E-state index contributed by atoms with van der Waals surface area (Å²) in [6.07, 6.45) is 3.28. The van der Waals surface area contributed by atoms with E-state index in [0.29, 0.717) is 13.0 Å². The van der Waals surface area contributed by atoms with Gasteiger partial charge in [0.15, 0.2) is 5.83 Å². The van der Waals surface area contributed by atoms with Crippen LogP contribution in [0, 0.1) is 0 Å². The van der Waals surface area contributed by atoms with Crippen LogP contribution in [-0.4, -0.2) is 30.3 Å². The first-order valence-corrected chi connectivity index (χ1v) is 5.84. The molecular weight excluding hydrogens is 254 g/mol. The molecule has 0 saturated heterocycles. The number of carbonyl (C=O) groups is 2. The number of halogens is 2. The van der Waals surface area contributed by atoms with Crippen molar-refractivity contribution in [2.75, 3.05) is 13.6 Å². The Morgan fingerprint density at radius 3 is 2.63 bits per heavy atom. The van der Waals surface area contributed by atoms with Gasteiger partial charge in [-0.05, 0) is 20.3 Å². The molecule has 4 nitrogen and oxygen atoms in total. The Bertz CT molecular complexity index is 489. The number of nitrogens with zero attached hydrogens (tertiary/aromatic N) is 1. The zero-order chi connectivity index (χ0) is 14.6. The second kappa shape index (κ2) is 6.26. The van der Waals surface area contributed by atoms with Crippen molar-refractivity contribution < 1.29 is 18.4 Å². The lowest BCUT2D eigenvalue weighted by Crippen LogP contribution is -2.38. The maximum absolute atomic E-state index is 13.4. The first-order valence-electron chi connectivity index (χ1n) is 5.84. The first kappa shape index (κ1) is 15.1. The molecule has 1 rings (SSSR count). The summed E-state index contributed by atoms with van der Waals surface area (Å²) in [5.41, 5.74) is -0.343. The Kier molecular flexibility index (Phi) is 4.97. The van der Waals surface area contributed by atoms with Gasteiger partial charge in [-0.15, -0.1) is 0 Å². The van der Waals surface area contributed by atoms with Gasteiger partial charge in [-0.1, -0.05) is 12.2 Å². The van der Waals surface area contributed by atoms with Gasteiger partial charge in [0.1, 0.15) is 11.4 Å². The molecule has 0 spiro atoms. The van der Waals surface area contributed by atoms with E-state index in [-0.39, 0.29) is 11.3 Å². The molecule has 104 valence electrons. The number of rotatable bonds is 3. The molecule has 1 N–H and O–H groups in total. The van der Waals surface area contributed by atoms with Crippen LogP contribution in [0.3, 0.4) is 0 Å². The molecule has 0 aromatic carbocycles. The highest BCUT2D eigenvalue weighted by Gasteiger charge is 2.25. The zero-order valence-corrected chi connectivity index (χ0v) is 11.1. The molecule has 0 saturated carbocycles. The van der Waals surface area contributed by atoms with Gasteiger partial charge in [0.25, 0.3) is 11.8 Å². The third-order valence-electron chi connectivity index (χ3n) is 2.71. The second-order valence-electron chi connectivity index (χ2n) is 4.14. The topological polar surface area (TPSA) is 49.4 Å². The number of hydrogen-bond acceptors (Lipinski definition) is 2. The number of nitrogens with one attached hydrogen (secondary N) is 1. The molecule has 0 aromatic rings. The molecule has 0 atom stereocenters. The van der Waals surface area contributed by atoms with Crippen LogP contribution in [-0.2, 0) is 9.59 Å². The SMILES string of the molecule is C/C=C(NC(=O)C1=CCCN(C)C1=O)\C(F)=C(/C)F. The lowest BCUT2D eigenvalue weighted by atomic mass is 10.1. The number of amides is 2. The minimum Gasteiger partial charge on any atom is -0.341 e. The molecule has 0 bridgehead atoms. The lowest BCUT2D eigenvalue weighted by Gasteiger charge is -2.22. The van der Waals surface area contributed by atoms with Crippen molar-refractivity contribution in [1.29, 1.82) is 0 Å². The number of allylic oxidation sites excluding steroid dienone is 3. The Balaban J connectivity index is 2.89. The molecule has 2 amide bonds. The van der Waals surface area contributed by atoms with Crippen molar-refractivity contribution in [2.24, 2.45) is 0 Å². The van der Waals surface area contributed by atoms with Crippen LogP contribution in [0.15, 0.2) is 35.1 Å². The van der Waals surface area contributed by atoms with E-state index in [1.165, 1.54) is 24.0 Å². The quantitative estimate of drug-likeness (QED) is 0.629. The molecule has 0 aliphatic carbocycles. The van der Waals surface area contributed by atoms with Crippen molar-refractivity contribution in [2.45, 2.75) is 20.3 Å². The highest BCUT2D eigenvalue weighted by molar-refractivity contribution is 6.19. The first-order chi connectivity index (χ1) is 8.88. The minimum atomic E-state index is -1.15. The van der Waals surface area contributed by atoms with Crippen LogP contribution in [0.5, 0.6) is 0 Å². The van der Waals surface area contributed by atoms with Crippen LogP contribution in [0.2, 0.25) is 0 Å². The fourth-order valence-corrected chi connectivity index (χ4v) is 1.62. The summed E-state index contributed by atoms with van der Waals surface area (Å²) in [7, 11) is 1.57. The van der Waals surface area contributed by atoms with E-state index in [1.54, 1.807) is 7.05 Å². The van der Waals surface area contributed by atoms with Crippen molar-refractivity contribution >= 4 is 11.8 Å². The monoisotopic (exact) mass is 270 g/mol. The average molecular weight is 270 g/mol. The number of carbonyl (C=O) groups excluding carboxylic acids is 2. The maximum atomic E-state index is 13.4. The molecule has 6 heteroatoms. The fourth-order valence-electron chi connectivity index (χ4n) is 1.62. The van der Waals surface area contributed by atoms with Crippen molar-refractivity contribution in [3.63, 3.8) is 0 Å².